The van der Waals surface area contributed by atoms with E-state index in [1.54, 1.807) is 28.5 Å². The molecule has 2 aromatic rings. The van der Waals surface area contributed by atoms with Gasteiger partial charge in [-0.1, -0.05) is 25.0 Å². The monoisotopic (exact) mass is 453 g/mol. The Bertz CT molecular complexity index is 1110. The second kappa shape index (κ2) is 8.28. The molecule has 0 radical (unpaired) electrons. The topological polar surface area (TPSA) is 96.3 Å². The lowest BCUT2D eigenvalue weighted by Gasteiger charge is -2.44. The van der Waals surface area contributed by atoms with Gasteiger partial charge in [0.15, 0.2) is 5.69 Å². The number of hydrogen-bond donors (Lipinski definition) is 2. The van der Waals surface area contributed by atoms with E-state index in [-0.39, 0.29) is 54.2 Å². The molecule has 2 N–H and O–H groups in total. The Hall–Kier alpha value is -3.23. The molecule has 0 bridgehead atoms. The molecule has 174 valence electrons. The average molecular weight is 454 g/mol. The number of halogens is 1. The number of benzene rings is 1. The van der Waals surface area contributed by atoms with Gasteiger partial charge in [-0.25, -0.2) is 9.37 Å². The summed E-state index contributed by atoms with van der Waals surface area (Å²) in [4.78, 5) is 45.7. The minimum absolute atomic E-state index is 0.0105. The van der Waals surface area contributed by atoms with Gasteiger partial charge in [0.05, 0.1) is 12.9 Å². The number of carbonyl (C=O) groups is 3. The molecule has 3 amide bonds. The van der Waals surface area contributed by atoms with E-state index in [4.69, 9.17) is 0 Å². The summed E-state index contributed by atoms with van der Waals surface area (Å²) in [6, 6.07) is 6.10. The third-order valence-corrected chi connectivity index (χ3v) is 6.92. The Morgan fingerprint density at radius 3 is 2.67 bits per heavy atom. The molecule has 1 atom stereocenters. The molecule has 0 spiro atoms. The van der Waals surface area contributed by atoms with Gasteiger partial charge < -0.3 is 20.1 Å². The number of aromatic nitrogens is 2. The standard InChI is InChI=1S/C24H28FN5O3/c1-24(23(33)28-17-7-2-3-8-17)13-29-14-27-19(20(29)22(32)30(24)18-9-10-18)21(31)26-12-15-5-4-6-16(25)11-15/h4-6,11,14,17-18H,2-3,7-10,12-13H2,1H3,(H,26,31)(H,28,33)/t24-/m1/s1. The maximum absolute atomic E-state index is 13.6. The van der Waals surface area contributed by atoms with Gasteiger partial charge in [-0.3, -0.25) is 14.4 Å². The van der Waals surface area contributed by atoms with E-state index in [0.717, 1.165) is 38.5 Å². The predicted octanol–water partition coefficient (Wildman–Crippen LogP) is 2.39. The van der Waals surface area contributed by atoms with Crippen molar-refractivity contribution in [3.05, 3.63) is 53.4 Å². The Kier molecular flexibility index (Phi) is 5.42. The molecule has 3 aliphatic rings. The van der Waals surface area contributed by atoms with Crippen LogP contribution in [0.25, 0.3) is 0 Å². The van der Waals surface area contributed by atoms with Crippen molar-refractivity contribution in [2.45, 2.75) is 76.2 Å². The molecule has 2 aliphatic carbocycles. The molecule has 0 saturated heterocycles. The van der Waals surface area contributed by atoms with E-state index in [1.165, 1.54) is 18.5 Å². The number of amides is 3. The summed E-state index contributed by atoms with van der Waals surface area (Å²) in [6.07, 6.45) is 7.27. The van der Waals surface area contributed by atoms with Crippen molar-refractivity contribution in [2.24, 2.45) is 0 Å². The Morgan fingerprint density at radius 1 is 1.21 bits per heavy atom. The molecule has 2 fully saturated rings. The van der Waals surface area contributed by atoms with Gasteiger partial charge in [0.25, 0.3) is 11.8 Å². The van der Waals surface area contributed by atoms with Crippen LogP contribution in [-0.2, 0) is 17.9 Å². The van der Waals surface area contributed by atoms with Crippen LogP contribution < -0.4 is 10.6 Å². The summed E-state index contributed by atoms with van der Waals surface area (Å²) < 4.78 is 15.0. The SMILES string of the molecule is C[C@]1(C(=O)NC2CCCC2)Cn2cnc(C(=O)NCc3cccc(F)c3)c2C(=O)N1C1CC1. The van der Waals surface area contributed by atoms with E-state index in [2.05, 4.69) is 15.6 Å². The van der Waals surface area contributed by atoms with Crippen LogP contribution >= 0.6 is 0 Å². The lowest BCUT2D eigenvalue weighted by Crippen LogP contribution is -2.65. The predicted molar refractivity (Wildman–Crippen MR) is 118 cm³/mol. The van der Waals surface area contributed by atoms with Crippen molar-refractivity contribution in [2.75, 3.05) is 0 Å². The summed E-state index contributed by atoms with van der Waals surface area (Å²) >= 11 is 0. The van der Waals surface area contributed by atoms with Gasteiger partial charge in [0.2, 0.25) is 5.91 Å². The lowest BCUT2D eigenvalue weighted by molar-refractivity contribution is -0.134. The highest BCUT2D eigenvalue weighted by atomic mass is 19.1. The third kappa shape index (κ3) is 4.00. The van der Waals surface area contributed by atoms with Crippen LogP contribution in [0.5, 0.6) is 0 Å². The normalized spacial score (nSPS) is 22.8. The van der Waals surface area contributed by atoms with Crippen molar-refractivity contribution in [3.8, 4) is 0 Å². The number of fused-ring (bicyclic) bond motifs is 1. The number of rotatable bonds is 6. The minimum atomic E-state index is -1.04. The highest BCUT2D eigenvalue weighted by molar-refractivity contribution is 6.07. The first-order valence-electron chi connectivity index (χ1n) is 11.6. The highest BCUT2D eigenvalue weighted by Gasteiger charge is 2.54. The second-order valence-electron chi connectivity index (χ2n) is 9.52. The largest absolute Gasteiger partial charge is 0.351 e. The Labute approximate surface area is 191 Å². The second-order valence-corrected chi connectivity index (χ2v) is 9.52. The fourth-order valence-electron chi connectivity index (χ4n) is 5.05. The number of carbonyl (C=O) groups excluding carboxylic acids is 3. The summed E-state index contributed by atoms with van der Waals surface area (Å²) in [5, 5.41) is 5.87. The number of imidazole rings is 1. The highest BCUT2D eigenvalue weighted by Crippen LogP contribution is 2.39. The first-order valence-corrected chi connectivity index (χ1v) is 11.6. The van der Waals surface area contributed by atoms with Crippen molar-refractivity contribution >= 4 is 17.7 Å². The third-order valence-electron chi connectivity index (χ3n) is 6.92. The Balaban J connectivity index is 1.38. The molecule has 1 aromatic heterocycles. The number of nitrogens with zero attached hydrogens (tertiary/aromatic N) is 3. The molecule has 2 saturated carbocycles. The fraction of sp³-hybridized carbons (Fsp3) is 0.500. The lowest BCUT2D eigenvalue weighted by atomic mass is 9.93. The average Bonchev–Trinajstić information content (AvgIpc) is 3.29. The van der Waals surface area contributed by atoms with Crippen molar-refractivity contribution in [3.63, 3.8) is 0 Å². The summed E-state index contributed by atoms with van der Waals surface area (Å²) in [5.41, 5.74) is -0.201. The van der Waals surface area contributed by atoms with Crippen molar-refractivity contribution in [1.82, 2.24) is 25.1 Å². The van der Waals surface area contributed by atoms with Gasteiger partial charge in [0, 0.05) is 18.6 Å². The molecule has 1 aliphatic heterocycles. The van der Waals surface area contributed by atoms with Crippen LogP contribution in [0.3, 0.4) is 0 Å². The maximum Gasteiger partial charge on any atom is 0.274 e. The molecule has 9 heteroatoms. The van der Waals surface area contributed by atoms with E-state index in [1.807, 2.05) is 0 Å². The molecule has 33 heavy (non-hydrogen) atoms. The first-order chi connectivity index (χ1) is 15.9. The summed E-state index contributed by atoms with van der Waals surface area (Å²) in [6.45, 7) is 2.17. The van der Waals surface area contributed by atoms with Gasteiger partial charge in [-0.2, -0.15) is 0 Å². The van der Waals surface area contributed by atoms with Crippen molar-refractivity contribution in [1.29, 1.82) is 0 Å². The minimum Gasteiger partial charge on any atom is -0.351 e. The van der Waals surface area contributed by atoms with E-state index < -0.39 is 11.4 Å². The van der Waals surface area contributed by atoms with Crippen LogP contribution in [0, 0.1) is 5.82 Å². The van der Waals surface area contributed by atoms with E-state index in [0.29, 0.717) is 5.56 Å². The van der Waals surface area contributed by atoms with Crippen LogP contribution in [0.2, 0.25) is 0 Å². The van der Waals surface area contributed by atoms with Gasteiger partial charge >= 0.3 is 0 Å². The molecule has 8 nitrogen and oxygen atoms in total. The number of nitrogens with one attached hydrogen (secondary N) is 2. The van der Waals surface area contributed by atoms with Gasteiger partial charge in [0.1, 0.15) is 17.1 Å². The van der Waals surface area contributed by atoms with Gasteiger partial charge in [-0.15, -0.1) is 0 Å². The molecule has 1 aromatic carbocycles. The zero-order chi connectivity index (χ0) is 23.2. The van der Waals surface area contributed by atoms with Crippen LogP contribution in [0.15, 0.2) is 30.6 Å². The molecule has 5 rings (SSSR count). The molecule has 0 unspecified atom stereocenters. The number of hydrogen-bond acceptors (Lipinski definition) is 4. The zero-order valence-electron chi connectivity index (χ0n) is 18.6. The van der Waals surface area contributed by atoms with E-state index in [9.17, 15) is 18.8 Å². The summed E-state index contributed by atoms with van der Waals surface area (Å²) in [5.74, 6) is -1.38. The quantitative estimate of drug-likeness (QED) is 0.702. The van der Waals surface area contributed by atoms with E-state index >= 15 is 0 Å². The Morgan fingerprint density at radius 2 is 1.97 bits per heavy atom. The van der Waals surface area contributed by atoms with Crippen LogP contribution in [0.4, 0.5) is 4.39 Å². The summed E-state index contributed by atoms with van der Waals surface area (Å²) in [7, 11) is 0. The van der Waals surface area contributed by atoms with Crippen LogP contribution in [-0.4, -0.2) is 49.8 Å². The van der Waals surface area contributed by atoms with Crippen LogP contribution in [0.1, 0.15) is 72.0 Å². The molecule has 2 heterocycles. The first kappa shape index (κ1) is 21.6. The van der Waals surface area contributed by atoms with Crippen molar-refractivity contribution < 1.29 is 18.8 Å². The van der Waals surface area contributed by atoms with Gasteiger partial charge in [-0.05, 0) is 50.3 Å². The smallest absolute Gasteiger partial charge is 0.274 e. The molecular formula is C24H28FN5O3. The zero-order valence-corrected chi connectivity index (χ0v) is 18.6. The molecular weight excluding hydrogens is 425 g/mol. The fourth-order valence-corrected chi connectivity index (χ4v) is 5.05. The maximum atomic E-state index is 13.6.